The van der Waals surface area contributed by atoms with Crippen LogP contribution in [0, 0.1) is 0 Å². The average molecular weight is 267 g/mol. The molecule has 0 aliphatic rings. The van der Waals surface area contributed by atoms with Crippen molar-refractivity contribution < 1.29 is 0 Å². The topological polar surface area (TPSA) is 59.4 Å². The van der Waals surface area contributed by atoms with E-state index in [0.717, 1.165) is 22.8 Å². The molecule has 1 N–H and O–H groups in total. The lowest BCUT2D eigenvalue weighted by Gasteiger charge is -1.96. The number of nitrogens with one attached hydrogen (secondary N) is 1. The van der Waals surface area contributed by atoms with E-state index in [2.05, 4.69) is 34.1 Å². The number of H-pyrrole nitrogens is 1. The van der Waals surface area contributed by atoms with Gasteiger partial charge < -0.3 is 0 Å². The predicted molar refractivity (Wildman–Crippen MR) is 78.1 cm³/mol. The molecule has 0 spiro atoms. The molecule has 0 saturated carbocycles. The van der Waals surface area contributed by atoms with Gasteiger partial charge in [0.05, 0.1) is 5.69 Å². The van der Waals surface area contributed by atoms with Crippen molar-refractivity contribution in [3.63, 3.8) is 0 Å². The third-order valence-corrected chi connectivity index (χ3v) is 3.23. The Labute approximate surface area is 117 Å². The van der Waals surface area contributed by atoms with E-state index >= 15 is 0 Å². The van der Waals surface area contributed by atoms with E-state index in [1.54, 1.807) is 0 Å². The average Bonchev–Trinajstić information content (AvgIpc) is 3.06. The van der Waals surface area contributed by atoms with Crippen LogP contribution in [0.2, 0.25) is 0 Å². The summed E-state index contributed by atoms with van der Waals surface area (Å²) in [7, 11) is 1.91. The molecule has 0 bridgehead atoms. The minimum atomic E-state index is 0.332. The highest BCUT2D eigenvalue weighted by molar-refractivity contribution is 5.65. The van der Waals surface area contributed by atoms with Crippen LogP contribution in [0.4, 0.5) is 0 Å². The molecule has 0 unspecified atom stereocenters. The van der Waals surface area contributed by atoms with E-state index in [-0.39, 0.29) is 0 Å². The second kappa shape index (κ2) is 4.92. The second-order valence-corrected chi connectivity index (χ2v) is 5.10. The zero-order valence-corrected chi connectivity index (χ0v) is 11.8. The van der Waals surface area contributed by atoms with E-state index in [1.807, 2.05) is 48.1 Å². The number of aryl methyl sites for hydroxylation is 1. The first-order valence-electron chi connectivity index (χ1n) is 6.67. The van der Waals surface area contributed by atoms with Gasteiger partial charge in [-0.2, -0.15) is 10.2 Å². The highest BCUT2D eigenvalue weighted by atomic mass is 15.3. The Morgan fingerprint density at radius 1 is 1.15 bits per heavy atom. The monoisotopic (exact) mass is 267 g/mol. The Morgan fingerprint density at radius 2 is 1.90 bits per heavy atom. The maximum atomic E-state index is 4.53. The van der Waals surface area contributed by atoms with Gasteiger partial charge >= 0.3 is 0 Å². The van der Waals surface area contributed by atoms with E-state index in [4.69, 9.17) is 0 Å². The molecule has 1 aromatic carbocycles. The van der Waals surface area contributed by atoms with Gasteiger partial charge in [0.1, 0.15) is 11.5 Å². The minimum absolute atomic E-state index is 0.332. The third kappa shape index (κ3) is 2.22. The van der Waals surface area contributed by atoms with Gasteiger partial charge in [-0.25, -0.2) is 4.98 Å². The summed E-state index contributed by atoms with van der Waals surface area (Å²) in [5.41, 5.74) is 2.93. The first-order chi connectivity index (χ1) is 9.65. The van der Waals surface area contributed by atoms with Gasteiger partial charge in [0.2, 0.25) is 0 Å². The molecule has 0 atom stereocenters. The lowest BCUT2D eigenvalue weighted by molar-refractivity contribution is 0.772. The molecule has 5 nitrogen and oxygen atoms in total. The Morgan fingerprint density at radius 3 is 2.55 bits per heavy atom. The van der Waals surface area contributed by atoms with Gasteiger partial charge in [-0.1, -0.05) is 44.2 Å². The lowest BCUT2D eigenvalue weighted by atomic mass is 10.1. The van der Waals surface area contributed by atoms with Crippen molar-refractivity contribution in [3.8, 4) is 22.8 Å². The molecule has 2 aromatic heterocycles. The number of aromatic nitrogens is 5. The fourth-order valence-electron chi connectivity index (χ4n) is 2.07. The second-order valence-electron chi connectivity index (χ2n) is 5.10. The van der Waals surface area contributed by atoms with Gasteiger partial charge in [-0.05, 0) is 6.07 Å². The number of nitrogens with zero attached hydrogens (tertiary/aromatic N) is 4. The molecule has 102 valence electrons. The SMILES string of the molecule is CC(C)c1nc(-c2cc(-c3ccccc3)nn2C)n[nH]1. The number of benzene rings is 1. The summed E-state index contributed by atoms with van der Waals surface area (Å²) >= 11 is 0. The summed E-state index contributed by atoms with van der Waals surface area (Å²) in [6.45, 7) is 4.17. The highest BCUT2D eigenvalue weighted by Gasteiger charge is 2.14. The Hall–Kier alpha value is -2.43. The van der Waals surface area contributed by atoms with Gasteiger partial charge in [-0.3, -0.25) is 9.78 Å². The highest BCUT2D eigenvalue weighted by Crippen LogP contribution is 2.23. The van der Waals surface area contributed by atoms with Crippen molar-refractivity contribution >= 4 is 0 Å². The fraction of sp³-hybridized carbons (Fsp3) is 0.267. The Bertz CT molecular complexity index is 709. The van der Waals surface area contributed by atoms with Crippen molar-refractivity contribution in [2.45, 2.75) is 19.8 Å². The van der Waals surface area contributed by atoms with E-state index in [1.165, 1.54) is 0 Å². The van der Waals surface area contributed by atoms with Gasteiger partial charge in [0.25, 0.3) is 0 Å². The summed E-state index contributed by atoms with van der Waals surface area (Å²) in [6.07, 6.45) is 0. The molecule has 0 amide bonds. The third-order valence-electron chi connectivity index (χ3n) is 3.23. The summed E-state index contributed by atoms with van der Waals surface area (Å²) in [6, 6.07) is 12.1. The molecular weight excluding hydrogens is 250 g/mol. The van der Waals surface area contributed by atoms with Crippen LogP contribution in [0.15, 0.2) is 36.4 Å². The van der Waals surface area contributed by atoms with Crippen LogP contribution in [0.25, 0.3) is 22.8 Å². The molecule has 3 aromatic rings. The normalized spacial score (nSPS) is 11.2. The number of rotatable bonds is 3. The first kappa shape index (κ1) is 12.6. The lowest BCUT2D eigenvalue weighted by Crippen LogP contribution is -1.95. The van der Waals surface area contributed by atoms with Crippen LogP contribution < -0.4 is 0 Å². The minimum Gasteiger partial charge on any atom is -0.264 e. The summed E-state index contributed by atoms with van der Waals surface area (Å²) in [4.78, 5) is 4.52. The summed E-state index contributed by atoms with van der Waals surface area (Å²) in [5, 5.41) is 11.8. The van der Waals surface area contributed by atoms with Gasteiger partial charge in [0.15, 0.2) is 5.82 Å². The van der Waals surface area contributed by atoms with Gasteiger partial charge in [0, 0.05) is 18.5 Å². The largest absolute Gasteiger partial charge is 0.264 e. The standard InChI is InChI=1S/C15H17N5/c1-10(2)14-16-15(18-17-14)13-9-12(19-20(13)3)11-7-5-4-6-8-11/h4-10H,1-3H3,(H,16,17,18). The maximum Gasteiger partial charge on any atom is 0.199 e. The summed E-state index contributed by atoms with van der Waals surface area (Å²) in [5.74, 6) is 1.91. The van der Waals surface area contributed by atoms with Crippen LogP contribution in [0.5, 0.6) is 0 Å². The molecule has 0 radical (unpaired) electrons. The van der Waals surface area contributed by atoms with Crippen LogP contribution in [-0.4, -0.2) is 25.0 Å². The number of hydrogen-bond donors (Lipinski definition) is 1. The van der Waals surface area contributed by atoms with Gasteiger partial charge in [-0.15, -0.1) is 0 Å². The van der Waals surface area contributed by atoms with Crippen molar-refractivity contribution in [2.24, 2.45) is 7.05 Å². The molecule has 0 saturated heterocycles. The molecule has 0 aliphatic heterocycles. The predicted octanol–water partition coefficient (Wildman–Crippen LogP) is 3.00. The van der Waals surface area contributed by atoms with Crippen molar-refractivity contribution in [3.05, 3.63) is 42.2 Å². The summed E-state index contributed by atoms with van der Waals surface area (Å²) < 4.78 is 1.82. The van der Waals surface area contributed by atoms with Crippen LogP contribution in [0.1, 0.15) is 25.6 Å². The van der Waals surface area contributed by atoms with Crippen LogP contribution in [-0.2, 0) is 7.05 Å². The molecule has 0 aliphatic carbocycles. The fourth-order valence-corrected chi connectivity index (χ4v) is 2.07. The van der Waals surface area contributed by atoms with E-state index in [9.17, 15) is 0 Å². The molecule has 3 rings (SSSR count). The number of hydrogen-bond acceptors (Lipinski definition) is 3. The smallest absolute Gasteiger partial charge is 0.199 e. The van der Waals surface area contributed by atoms with Crippen LogP contribution >= 0.6 is 0 Å². The molecule has 0 fully saturated rings. The Balaban J connectivity index is 2.00. The van der Waals surface area contributed by atoms with E-state index < -0.39 is 0 Å². The molecule has 20 heavy (non-hydrogen) atoms. The molecule has 2 heterocycles. The maximum absolute atomic E-state index is 4.53. The number of aromatic amines is 1. The quantitative estimate of drug-likeness (QED) is 0.793. The van der Waals surface area contributed by atoms with Crippen LogP contribution in [0.3, 0.4) is 0 Å². The van der Waals surface area contributed by atoms with E-state index in [0.29, 0.717) is 11.7 Å². The molecule has 5 heteroatoms. The molecular formula is C15H17N5. The van der Waals surface area contributed by atoms with Crippen molar-refractivity contribution in [1.82, 2.24) is 25.0 Å². The van der Waals surface area contributed by atoms with Crippen molar-refractivity contribution in [2.75, 3.05) is 0 Å². The zero-order chi connectivity index (χ0) is 14.1. The zero-order valence-electron chi connectivity index (χ0n) is 11.8. The Kier molecular flexibility index (Phi) is 3.10. The van der Waals surface area contributed by atoms with Crippen molar-refractivity contribution in [1.29, 1.82) is 0 Å². The first-order valence-corrected chi connectivity index (χ1v) is 6.67.